The Labute approximate surface area is 206 Å². The average Bonchev–Trinajstić information content (AvgIpc) is 3.25. The first-order chi connectivity index (χ1) is 17.1. The number of nitrogens with zero attached hydrogens (tertiary/aromatic N) is 4. The van der Waals surface area contributed by atoms with Crippen LogP contribution < -0.4 is 10.6 Å². The van der Waals surface area contributed by atoms with Gasteiger partial charge in [-0.15, -0.1) is 0 Å². The summed E-state index contributed by atoms with van der Waals surface area (Å²) >= 11 is 0. The van der Waals surface area contributed by atoms with Gasteiger partial charge in [0.05, 0.1) is 17.6 Å². The minimum atomic E-state index is 0.00844. The lowest BCUT2D eigenvalue weighted by Crippen LogP contribution is -2.34. The van der Waals surface area contributed by atoms with Gasteiger partial charge in [0.1, 0.15) is 5.82 Å². The SMILES string of the molecule is Cn1ncc(-c2ccc3c(CCO)nc(NC(=O)C4CCNCC4)cc3c2)c1CN1CCCCC1. The number of aliphatic hydroxyl groups excluding tert-OH is 1. The quantitative estimate of drug-likeness (QED) is 0.485. The number of carbonyl (C=O) groups is 1. The molecule has 2 fully saturated rings. The Balaban J connectivity index is 1.46. The summed E-state index contributed by atoms with van der Waals surface area (Å²) < 4.78 is 1.99. The fourth-order valence-electron chi connectivity index (χ4n) is 5.39. The Kier molecular flexibility index (Phi) is 7.41. The normalized spacial score (nSPS) is 17.7. The summed E-state index contributed by atoms with van der Waals surface area (Å²) in [6.07, 6.45) is 7.92. The van der Waals surface area contributed by atoms with Gasteiger partial charge in [-0.25, -0.2) is 4.98 Å². The number of likely N-dealkylation sites (tertiary alicyclic amines) is 1. The highest BCUT2D eigenvalue weighted by Crippen LogP contribution is 2.31. The summed E-state index contributed by atoms with van der Waals surface area (Å²) in [6, 6.07) is 8.32. The van der Waals surface area contributed by atoms with E-state index in [2.05, 4.69) is 38.8 Å². The van der Waals surface area contributed by atoms with Crippen LogP contribution in [0.2, 0.25) is 0 Å². The van der Waals surface area contributed by atoms with Crippen LogP contribution in [0.15, 0.2) is 30.5 Å². The molecule has 0 saturated carbocycles. The Bertz CT molecular complexity index is 1180. The summed E-state index contributed by atoms with van der Waals surface area (Å²) in [6.45, 7) is 4.92. The number of pyridine rings is 1. The molecule has 1 aromatic carbocycles. The van der Waals surface area contributed by atoms with Gasteiger partial charge in [0.2, 0.25) is 5.91 Å². The van der Waals surface area contributed by atoms with Gasteiger partial charge < -0.3 is 15.7 Å². The van der Waals surface area contributed by atoms with Crippen molar-refractivity contribution < 1.29 is 9.90 Å². The number of rotatable bonds is 7. The van der Waals surface area contributed by atoms with Crippen molar-refractivity contribution in [1.82, 2.24) is 25.0 Å². The number of hydrogen-bond donors (Lipinski definition) is 3. The molecule has 8 nitrogen and oxygen atoms in total. The summed E-state index contributed by atoms with van der Waals surface area (Å²) in [5.74, 6) is 0.594. The number of hydrogen-bond acceptors (Lipinski definition) is 6. The van der Waals surface area contributed by atoms with Crippen molar-refractivity contribution in [2.75, 3.05) is 38.1 Å². The molecule has 4 heterocycles. The van der Waals surface area contributed by atoms with Crippen LogP contribution in [0.25, 0.3) is 21.9 Å². The second-order valence-corrected chi connectivity index (χ2v) is 9.84. The topological polar surface area (TPSA) is 95.3 Å². The van der Waals surface area contributed by atoms with E-state index in [-0.39, 0.29) is 18.4 Å². The van der Waals surface area contributed by atoms with E-state index in [1.54, 1.807) is 0 Å². The lowest BCUT2D eigenvalue weighted by molar-refractivity contribution is -0.120. The fraction of sp³-hybridized carbons (Fsp3) is 0.519. The first kappa shape index (κ1) is 23.9. The molecule has 1 amide bonds. The molecule has 2 aromatic heterocycles. The molecule has 3 N–H and O–H groups in total. The van der Waals surface area contributed by atoms with Crippen molar-refractivity contribution in [3.8, 4) is 11.1 Å². The molecule has 35 heavy (non-hydrogen) atoms. The van der Waals surface area contributed by atoms with Crippen LogP contribution in [0.4, 0.5) is 5.82 Å². The third-order valence-corrected chi connectivity index (χ3v) is 7.41. The van der Waals surface area contributed by atoms with E-state index in [0.29, 0.717) is 12.2 Å². The number of aromatic nitrogens is 3. The van der Waals surface area contributed by atoms with Crippen LogP contribution in [0.5, 0.6) is 0 Å². The predicted octanol–water partition coefficient (Wildman–Crippen LogP) is 3.09. The fourth-order valence-corrected chi connectivity index (χ4v) is 5.39. The van der Waals surface area contributed by atoms with E-state index < -0.39 is 0 Å². The van der Waals surface area contributed by atoms with Gasteiger partial charge in [-0.1, -0.05) is 18.6 Å². The number of piperidine rings is 2. The highest BCUT2D eigenvalue weighted by atomic mass is 16.3. The van der Waals surface area contributed by atoms with Crippen LogP contribution in [-0.2, 0) is 24.8 Å². The maximum absolute atomic E-state index is 12.9. The molecule has 3 aromatic rings. The molecule has 0 spiro atoms. The van der Waals surface area contributed by atoms with Gasteiger partial charge in [-0.05, 0) is 74.9 Å². The average molecular weight is 477 g/mol. The largest absolute Gasteiger partial charge is 0.396 e. The van der Waals surface area contributed by atoms with Gasteiger partial charge in [-0.2, -0.15) is 5.10 Å². The van der Waals surface area contributed by atoms with Gasteiger partial charge in [-0.3, -0.25) is 14.4 Å². The molecule has 0 bridgehead atoms. The van der Waals surface area contributed by atoms with E-state index in [9.17, 15) is 9.90 Å². The predicted molar refractivity (Wildman–Crippen MR) is 138 cm³/mol. The monoisotopic (exact) mass is 476 g/mol. The molecular weight excluding hydrogens is 440 g/mol. The van der Waals surface area contributed by atoms with Crippen molar-refractivity contribution in [2.45, 2.75) is 45.1 Å². The molecule has 0 radical (unpaired) electrons. The van der Waals surface area contributed by atoms with Crippen molar-refractivity contribution in [3.05, 3.63) is 41.9 Å². The number of aliphatic hydroxyl groups is 1. The molecule has 2 aliphatic rings. The lowest BCUT2D eigenvalue weighted by atomic mass is 9.97. The van der Waals surface area contributed by atoms with Crippen molar-refractivity contribution in [3.63, 3.8) is 0 Å². The molecule has 8 heteroatoms. The zero-order chi connectivity index (χ0) is 24.2. The molecule has 186 valence electrons. The van der Waals surface area contributed by atoms with Crippen LogP contribution >= 0.6 is 0 Å². The number of amides is 1. The Morgan fingerprint density at radius 1 is 1.17 bits per heavy atom. The number of nitrogens with one attached hydrogen (secondary N) is 2. The van der Waals surface area contributed by atoms with E-state index >= 15 is 0 Å². The number of aryl methyl sites for hydroxylation is 1. The standard InChI is InChI=1S/C27H36N6O2/c1-32-25(18-33-12-3-2-4-13-33)23(17-29-32)20-5-6-22-21(15-20)16-26(30-24(22)9-14-34)31-27(35)19-7-10-28-11-8-19/h5-6,15-17,19,28,34H,2-4,7-14,18H2,1H3,(H,30,31,35). The van der Waals surface area contributed by atoms with E-state index in [4.69, 9.17) is 4.98 Å². The Morgan fingerprint density at radius 3 is 2.74 bits per heavy atom. The van der Waals surface area contributed by atoms with Crippen LogP contribution in [0.3, 0.4) is 0 Å². The molecule has 2 saturated heterocycles. The van der Waals surface area contributed by atoms with Gasteiger partial charge in [0.15, 0.2) is 0 Å². The van der Waals surface area contributed by atoms with Crippen LogP contribution in [0, 0.1) is 5.92 Å². The second kappa shape index (κ2) is 10.8. The van der Waals surface area contributed by atoms with E-state index in [1.807, 2.05) is 24.0 Å². The first-order valence-corrected chi connectivity index (χ1v) is 12.9. The smallest absolute Gasteiger partial charge is 0.228 e. The minimum Gasteiger partial charge on any atom is -0.396 e. The highest BCUT2D eigenvalue weighted by Gasteiger charge is 2.22. The van der Waals surface area contributed by atoms with Gasteiger partial charge in [0.25, 0.3) is 0 Å². The second-order valence-electron chi connectivity index (χ2n) is 9.84. The molecule has 0 atom stereocenters. The minimum absolute atomic E-state index is 0.00844. The van der Waals surface area contributed by atoms with E-state index in [1.165, 1.54) is 25.0 Å². The summed E-state index contributed by atoms with van der Waals surface area (Å²) in [7, 11) is 2.02. The zero-order valence-electron chi connectivity index (χ0n) is 20.6. The zero-order valence-corrected chi connectivity index (χ0v) is 20.6. The third kappa shape index (κ3) is 5.39. The maximum atomic E-state index is 12.9. The molecule has 5 rings (SSSR count). The number of carbonyl (C=O) groups excluding carboxylic acids is 1. The summed E-state index contributed by atoms with van der Waals surface area (Å²) in [5, 5.41) is 22.6. The van der Waals surface area contributed by atoms with Crippen molar-refractivity contribution in [1.29, 1.82) is 0 Å². The third-order valence-electron chi connectivity index (χ3n) is 7.41. The number of anilines is 1. The van der Waals surface area contributed by atoms with Crippen molar-refractivity contribution >= 4 is 22.5 Å². The number of benzene rings is 1. The number of fused-ring (bicyclic) bond motifs is 1. The molecule has 0 unspecified atom stereocenters. The van der Waals surface area contributed by atoms with Crippen LogP contribution in [0.1, 0.15) is 43.5 Å². The first-order valence-electron chi connectivity index (χ1n) is 12.9. The van der Waals surface area contributed by atoms with Crippen LogP contribution in [-0.4, -0.2) is 63.5 Å². The lowest BCUT2D eigenvalue weighted by Gasteiger charge is -2.26. The summed E-state index contributed by atoms with van der Waals surface area (Å²) in [5.41, 5.74) is 4.27. The summed E-state index contributed by atoms with van der Waals surface area (Å²) in [4.78, 5) is 20.1. The molecule has 2 aliphatic heterocycles. The molecular formula is C27H36N6O2. The molecule has 0 aliphatic carbocycles. The maximum Gasteiger partial charge on any atom is 0.228 e. The van der Waals surface area contributed by atoms with Gasteiger partial charge >= 0.3 is 0 Å². The highest BCUT2D eigenvalue weighted by molar-refractivity contribution is 5.96. The van der Waals surface area contributed by atoms with Gasteiger partial charge in [0, 0.05) is 43.5 Å². The van der Waals surface area contributed by atoms with E-state index in [0.717, 1.165) is 73.2 Å². The van der Waals surface area contributed by atoms with Crippen molar-refractivity contribution in [2.24, 2.45) is 13.0 Å². The Morgan fingerprint density at radius 2 is 1.97 bits per heavy atom. The Hall–Kier alpha value is -2.81.